The summed E-state index contributed by atoms with van der Waals surface area (Å²) in [6.07, 6.45) is 2.93. The highest BCUT2D eigenvalue weighted by molar-refractivity contribution is 5.76. The van der Waals surface area contributed by atoms with Gasteiger partial charge in [0, 0.05) is 13.0 Å². The van der Waals surface area contributed by atoms with E-state index in [0.717, 1.165) is 42.7 Å². The number of imidazole rings is 1. The molecular formula is C15H22FN3. The molecule has 0 fully saturated rings. The molecule has 0 amide bonds. The number of rotatable bonds is 6. The van der Waals surface area contributed by atoms with E-state index in [4.69, 9.17) is 5.73 Å². The first-order valence-electron chi connectivity index (χ1n) is 7.00. The third-order valence-electron chi connectivity index (χ3n) is 3.50. The molecule has 1 aromatic carbocycles. The minimum absolute atomic E-state index is 0.202. The van der Waals surface area contributed by atoms with Crippen LogP contribution in [0.2, 0.25) is 0 Å². The van der Waals surface area contributed by atoms with Gasteiger partial charge in [0.1, 0.15) is 11.6 Å². The number of fused-ring (bicyclic) bond motifs is 1. The van der Waals surface area contributed by atoms with Gasteiger partial charge < -0.3 is 10.3 Å². The largest absolute Gasteiger partial charge is 0.330 e. The molecule has 0 aliphatic heterocycles. The highest BCUT2D eigenvalue weighted by atomic mass is 19.1. The zero-order valence-corrected chi connectivity index (χ0v) is 11.7. The van der Waals surface area contributed by atoms with E-state index in [1.807, 2.05) is 0 Å². The summed E-state index contributed by atoms with van der Waals surface area (Å²) < 4.78 is 15.5. The van der Waals surface area contributed by atoms with Gasteiger partial charge in [-0.2, -0.15) is 0 Å². The molecule has 0 aliphatic rings. The van der Waals surface area contributed by atoms with Crippen molar-refractivity contribution in [2.75, 3.05) is 6.54 Å². The Hall–Kier alpha value is -1.42. The van der Waals surface area contributed by atoms with Gasteiger partial charge in [0.25, 0.3) is 0 Å². The van der Waals surface area contributed by atoms with Gasteiger partial charge in [-0.1, -0.05) is 13.8 Å². The molecule has 0 aliphatic carbocycles. The van der Waals surface area contributed by atoms with E-state index in [0.29, 0.717) is 12.5 Å². The van der Waals surface area contributed by atoms with Gasteiger partial charge in [-0.05, 0) is 43.5 Å². The van der Waals surface area contributed by atoms with Crippen LogP contribution in [0.25, 0.3) is 11.0 Å². The molecule has 1 atom stereocenters. The first kappa shape index (κ1) is 14.0. The van der Waals surface area contributed by atoms with Crippen molar-refractivity contribution < 1.29 is 4.39 Å². The predicted octanol–water partition coefficient (Wildman–Crippen LogP) is 3.11. The SMILES string of the molecule is CCCn1c(CCC(C)CN)nc2ccc(F)cc21. The lowest BCUT2D eigenvalue weighted by Crippen LogP contribution is -2.13. The van der Waals surface area contributed by atoms with E-state index in [1.165, 1.54) is 6.07 Å². The van der Waals surface area contributed by atoms with Crippen LogP contribution in [0.4, 0.5) is 4.39 Å². The molecular weight excluding hydrogens is 241 g/mol. The number of hydrogen-bond acceptors (Lipinski definition) is 2. The maximum absolute atomic E-state index is 13.4. The van der Waals surface area contributed by atoms with Crippen LogP contribution >= 0.6 is 0 Å². The molecule has 1 unspecified atom stereocenters. The van der Waals surface area contributed by atoms with Gasteiger partial charge in [0.05, 0.1) is 11.0 Å². The number of nitrogens with zero attached hydrogens (tertiary/aromatic N) is 2. The van der Waals surface area contributed by atoms with Crippen LogP contribution in [-0.4, -0.2) is 16.1 Å². The Balaban J connectivity index is 2.33. The minimum Gasteiger partial charge on any atom is -0.330 e. The van der Waals surface area contributed by atoms with Crippen molar-refractivity contribution in [3.8, 4) is 0 Å². The highest BCUT2D eigenvalue weighted by Gasteiger charge is 2.12. The Bertz CT molecular complexity index is 548. The fraction of sp³-hybridized carbons (Fsp3) is 0.533. The van der Waals surface area contributed by atoms with Gasteiger partial charge in [-0.3, -0.25) is 0 Å². The zero-order chi connectivity index (χ0) is 13.8. The summed E-state index contributed by atoms with van der Waals surface area (Å²) in [4.78, 5) is 4.63. The molecule has 104 valence electrons. The third-order valence-corrected chi connectivity index (χ3v) is 3.50. The van der Waals surface area contributed by atoms with Crippen LogP contribution in [0, 0.1) is 11.7 Å². The summed E-state index contributed by atoms with van der Waals surface area (Å²) in [5, 5.41) is 0. The van der Waals surface area contributed by atoms with E-state index in [9.17, 15) is 4.39 Å². The molecule has 1 aromatic heterocycles. The van der Waals surface area contributed by atoms with Crippen molar-refractivity contribution >= 4 is 11.0 Å². The average Bonchev–Trinajstić information content (AvgIpc) is 2.74. The van der Waals surface area contributed by atoms with E-state index < -0.39 is 0 Å². The van der Waals surface area contributed by atoms with E-state index in [-0.39, 0.29) is 5.82 Å². The number of benzene rings is 1. The molecule has 0 bridgehead atoms. The quantitative estimate of drug-likeness (QED) is 0.870. The molecule has 2 aromatic rings. The molecule has 0 saturated carbocycles. The van der Waals surface area contributed by atoms with Crippen molar-refractivity contribution in [2.45, 2.75) is 39.7 Å². The topological polar surface area (TPSA) is 43.8 Å². The van der Waals surface area contributed by atoms with Crippen molar-refractivity contribution in [1.82, 2.24) is 9.55 Å². The van der Waals surface area contributed by atoms with E-state index in [2.05, 4.69) is 23.4 Å². The first-order valence-corrected chi connectivity index (χ1v) is 7.00. The molecule has 0 spiro atoms. The molecule has 4 heteroatoms. The number of aromatic nitrogens is 2. The van der Waals surface area contributed by atoms with Gasteiger partial charge in [0.15, 0.2) is 0 Å². The smallest absolute Gasteiger partial charge is 0.125 e. The van der Waals surface area contributed by atoms with Crippen LogP contribution < -0.4 is 5.73 Å². The fourth-order valence-corrected chi connectivity index (χ4v) is 2.30. The second kappa shape index (κ2) is 6.15. The number of aryl methyl sites for hydroxylation is 2. The maximum Gasteiger partial charge on any atom is 0.125 e. The summed E-state index contributed by atoms with van der Waals surface area (Å²) in [6.45, 7) is 5.85. The number of nitrogens with two attached hydrogens (primary N) is 1. The monoisotopic (exact) mass is 263 g/mol. The number of halogens is 1. The maximum atomic E-state index is 13.4. The predicted molar refractivity (Wildman–Crippen MR) is 76.5 cm³/mol. The second-order valence-electron chi connectivity index (χ2n) is 5.19. The summed E-state index contributed by atoms with van der Waals surface area (Å²) in [5.74, 6) is 1.33. The van der Waals surface area contributed by atoms with Crippen LogP contribution in [0.15, 0.2) is 18.2 Å². The molecule has 3 nitrogen and oxygen atoms in total. The van der Waals surface area contributed by atoms with Gasteiger partial charge >= 0.3 is 0 Å². The van der Waals surface area contributed by atoms with E-state index >= 15 is 0 Å². The molecule has 2 rings (SSSR count). The Labute approximate surface area is 113 Å². The van der Waals surface area contributed by atoms with Gasteiger partial charge in [-0.15, -0.1) is 0 Å². The van der Waals surface area contributed by atoms with Crippen LogP contribution in [0.1, 0.15) is 32.5 Å². The van der Waals surface area contributed by atoms with Crippen molar-refractivity contribution in [2.24, 2.45) is 11.7 Å². The summed E-state index contributed by atoms with van der Waals surface area (Å²) >= 11 is 0. The lowest BCUT2D eigenvalue weighted by molar-refractivity contribution is 0.523. The minimum atomic E-state index is -0.202. The summed E-state index contributed by atoms with van der Waals surface area (Å²) in [7, 11) is 0. The van der Waals surface area contributed by atoms with Gasteiger partial charge in [-0.25, -0.2) is 9.37 Å². The Morgan fingerprint density at radius 2 is 2.21 bits per heavy atom. The van der Waals surface area contributed by atoms with Gasteiger partial charge in [0.2, 0.25) is 0 Å². The highest BCUT2D eigenvalue weighted by Crippen LogP contribution is 2.20. The first-order chi connectivity index (χ1) is 9.15. The Morgan fingerprint density at radius 1 is 1.42 bits per heavy atom. The standard InChI is InChI=1S/C15H22FN3/c1-3-8-19-14-9-12(16)5-6-13(14)18-15(19)7-4-11(2)10-17/h5-6,9,11H,3-4,7-8,10,17H2,1-2H3. The Morgan fingerprint density at radius 3 is 2.89 bits per heavy atom. The second-order valence-corrected chi connectivity index (χ2v) is 5.19. The molecule has 2 N–H and O–H groups in total. The van der Waals surface area contributed by atoms with Crippen LogP contribution in [-0.2, 0) is 13.0 Å². The third kappa shape index (κ3) is 3.13. The molecule has 0 radical (unpaired) electrons. The molecule has 0 saturated heterocycles. The van der Waals surface area contributed by atoms with Crippen molar-refractivity contribution in [1.29, 1.82) is 0 Å². The van der Waals surface area contributed by atoms with Crippen molar-refractivity contribution in [3.05, 3.63) is 29.8 Å². The molecule has 19 heavy (non-hydrogen) atoms. The molecule has 1 heterocycles. The number of hydrogen-bond donors (Lipinski definition) is 1. The van der Waals surface area contributed by atoms with Crippen LogP contribution in [0.5, 0.6) is 0 Å². The fourth-order valence-electron chi connectivity index (χ4n) is 2.30. The van der Waals surface area contributed by atoms with Crippen LogP contribution in [0.3, 0.4) is 0 Å². The normalized spacial score (nSPS) is 13.1. The lowest BCUT2D eigenvalue weighted by atomic mass is 10.1. The van der Waals surface area contributed by atoms with Crippen molar-refractivity contribution in [3.63, 3.8) is 0 Å². The summed E-state index contributed by atoms with van der Waals surface area (Å²) in [5.41, 5.74) is 7.43. The van der Waals surface area contributed by atoms with E-state index in [1.54, 1.807) is 12.1 Å². The average molecular weight is 263 g/mol. The lowest BCUT2D eigenvalue weighted by Gasteiger charge is -2.10. The zero-order valence-electron chi connectivity index (χ0n) is 11.7. The Kier molecular flexibility index (Phi) is 4.53. The summed E-state index contributed by atoms with van der Waals surface area (Å²) in [6, 6.07) is 4.80.